The third kappa shape index (κ3) is 25.1. The van der Waals surface area contributed by atoms with Gasteiger partial charge in [-0.1, -0.05) is 89.7 Å². The number of carboxylic acids is 1. The first-order valence-electron chi connectivity index (χ1n) is 13.6. The molecule has 33 heavy (non-hydrogen) atoms. The number of hydrogen-bond donors (Lipinski definition) is 1. The molecule has 0 spiro atoms. The van der Waals surface area contributed by atoms with E-state index in [0.717, 1.165) is 25.7 Å². The second kappa shape index (κ2) is 21.2. The van der Waals surface area contributed by atoms with Crippen LogP contribution in [0.3, 0.4) is 0 Å². The molecule has 0 fully saturated rings. The molecule has 0 aromatic carbocycles. The largest absolute Gasteiger partial charge is 0.481 e. The molecule has 0 aliphatic heterocycles. The van der Waals surface area contributed by atoms with E-state index >= 15 is 0 Å². The molecule has 0 rings (SSSR count). The van der Waals surface area contributed by atoms with Gasteiger partial charge in [0.2, 0.25) is 0 Å². The molecule has 0 heterocycles. The van der Waals surface area contributed by atoms with Gasteiger partial charge in [0.05, 0.1) is 27.6 Å². The van der Waals surface area contributed by atoms with Crippen molar-refractivity contribution in [2.45, 2.75) is 129 Å². The number of quaternary nitrogens is 1. The van der Waals surface area contributed by atoms with E-state index in [4.69, 9.17) is 9.84 Å². The van der Waals surface area contributed by atoms with Gasteiger partial charge in [0, 0.05) is 6.42 Å². The fraction of sp³-hybridized carbons (Fsp3) is 0.857. The molecule has 1 N–H and O–H groups in total. The molecular weight excluding hydrogens is 414 g/mol. The van der Waals surface area contributed by atoms with Crippen molar-refractivity contribution in [1.29, 1.82) is 0 Å². The van der Waals surface area contributed by atoms with E-state index < -0.39 is 12.1 Å². The predicted octanol–water partition coefficient (Wildman–Crippen LogP) is 7.29. The normalized spacial score (nSPS) is 12.8. The highest BCUT2D eigenvalue weighted by atomic mass is 16.5. The Morgan fingerprint density at radius 1 is 0.758 bits per heavy atom. The molecule has 0 saturated heterocycles. The Balaban J connectivity index is 3.56. The second-order valence-corrected chi connectivity index (χ2v) is 10.6. The zero-order valence-corrected chi connectivity index (χ0v) is 22.3. The van der Waals surface area contributed by atoms with Crippen LogP contribution >= 0.6 is 0 Å². The quantitative estimate of drug-likeness (QED) is 0.0740. The molecule has 0 amide bonds. The average Bonchev–Trinajstić information content (AvgIpc) is 2.71. The van der Waals surface area contributed by atoms with Crippen molar-refractivity contribution in [2.24, 2.45) is 0 Å². The molecule has 0 aromatic heterocycles. The van der Waals surface area contributed by atoms with Gasteiger partial charge < -0.3 is 14.3 Å². The van der Waals surface area contributed by atoms with Crippen LogP contribution in [0, 0.1) is 0 Å². The minimum absolute atomic E-state index is 0.131. The molecule has 0 radical (unpaired) electrons. The van der Waals surface area contributed by atoms with E-state index in [1.807, 2.05) is 21.1 Å². The number of carbonyl (C=O) groups is 2. The Morgan fingerprint density at radius 3 is 1.67 bits per heavy atom. The fourth-order valence-electron chi connectivity index (χ4n) is 4.06. The summed E-state index contributed by atoms with van der Waals surface area (Å²) in [6.07, 6.45) is 24.6. The van der Waals surface area contributed by atoms with Crippen molar-refractivity contribution < 1.29 is 23.9 Å². The molecule has 0 aliphatic carbocycles. The summed E-state index contributed by atoms with van der Waals surface area (Å²) in [5.74, 6) is -1.20. The molecule has 1 atom stereocenters. The highest BCUT2D eigenvalue weighted by molar-refractivity contribution is 5.71. The Hall–Kier alpha value is -1.36. The molecule has 5 nitrogen and oxygen atoms in total. The van der Waals surface area contributed by atoms with E-state index in [1.165, 1.54) is 77.0 Å². The van der Waals surface area contributed by atoms with E-state index in [0.29, 0.717) is 17.4 Å². The van der Waals surface area contributed by atoms with E-state index in [9.17, 15) is 9.59 Å². The molecule has 0 aliphatic rings. The summed E-state index contributed by atoms with van der Waals surface area (Å²) < 4.78 is 5.99. The maximum atomic E-state index is 12.1. The van der Waals surface area contributed by atoms with Crippen molar-refractivity contribution in [1.82, 2.24) is 0 Å². The van der Waals surface area contributed by atoms with Crippen LogP contribution in [0.1, 0.15) is 122 Å². The monoisotopic (exact) mass is 468 g/mol. The highest BCUT2D eigenvalue weighted by Crippen LogP contribution is 2.13. The number of carbonyl (C=O) groups excluding carboxylic acids is 1. The van der Waals surface area contributed by atoms with Gasteiger partial charge in [-0.3, -0.25) is 9.59 Å². The fourth-order valence-corrected chi connectivity index (χ4v) is 4.06. The minimum Gasteiger partial charge on any atom is -0.481 e. The topological polar surface area (TPSA) is 63.6 Å². The lowest BCUT2D eigenvalue weighted by molar-refractivity contribution is -0.873. The number of rotatable bonds is 23. The molecule has 0 aromatic rings. The summed E-state index contributed by atoms with van der Waals surface area (Å²) in [7, 11) is 5.90. The molecule has 1 unspecified atom stereocenters. The standard InChI is InChI=1S/C28H53NO4/c1-5-6-7-8-9-10-11-12-13-14-15-16-17-18-19-20-21-22-23-28(32)33-26(24-27(30)31)25-29(2,3)4/h15-16,26H,5-14,17-25H2,1-4H3/p+1/b16-15+. The van der Waals surface area contributed by atoms with Crippen molar-refractivity contribution in [3.63, 3.8) is 0 Å². The van der Waals surface area contributed by atoms with Crippen LogP contribution in [0.15, 0.2) is 12.2 Å². The van der Waals surface area contributed by atoms with E-state index in [2.05, 4.69) is 19.1 Å². The van der Waals surface area contributed by atoms with Crippen LogP contribution < -0.4 is 0 Å². The third-order valence-electron chi connectivity index (χ3n) is 5.84. The van der Waals surface area contributed by atoms with Gasteiger partial charge in [-0.25, -0.2) is 0 Å². The Morgan fingerprint density at radius 2 is 1.21 bits per heavy atom. The van der Waals surface area contributed by atoms with Crippen LogP contribution in [-0.4, -0.2) is 55.3 Å². The summed E-state index contributed by atoms with van der Waals surface area (Å²) in [5.41, 5.74) is 0. The van der Waals surface area contributed by atoms with Crippen LogP contribution in [0.4, 0.5) is 0 Å². The lowest BCUT2D eigenvalue weighted by Gasteiger charge is -2.28. The molecule has 0 saturated carbocycles. The predicted molar refractivity (Wildman–Crippen MR) is 138 cm³/mol. The van der Waals surface area contributed by atoms with Gasteiger partial charge in [-0.05, 0) is 32.1 Å². The molecule has 5 heteroatoms. The zero-order chi connectivity index (χ0) is 24.8. The second-order valence-electron chi connectivity index (χ2n) is 10.6. The number of carboxylic acid groups (broad SMARTS) is 1. The maximum absolute atomic E-state index is 12.1. The van der Waals surface area contributed by atoms with Gasteiger partial charge in [0.25, 0.3) is 0 Å². The van der Waals surface area contributed by atoms with Gasteiger partial charge in [0.15, 0.2) is 6.10 Å². The average molecular weight is 469 g/mol. The lowest BCUT2D eigenvalue weighted by atomic mass is 10.1. The number of unbranched alkanes of at least 4 members (excludes halogenated alkanes) is 14. The summed E-state index contributed by atoms with van der Waals surface area (Å²) in [6, 6.07) is 0. The number of allylic oxidation sites excluding steroid dienone is 2. The van der Waals surface area contributed by atoms with E-state index in [1.54, 1.807) is 0 Å². The summed E-state index contributed by atoms with van der Waals surface area (Å²) in [5, 5.41) is 9.03. The van der Waals surface area contributed by atoms with Crippen LogP contribution in [0.25, 0.3) is 0 Å². The maximum Gasteiger partial charge on any atom is 0.307 e. The van der Waals surface area contributed by atoms with Crippen LogP contribution in [0.2, 0.25) is 0 Å². The Kier molecular flexibility index (Phi) is 20.3. The first-order chi connectivity index (χ1) is 15.7. The number of likely N-dealkylation sites (N-methyl/N-ethyl adjacent to an activating group) is 1. The number of hydrogen-bond acceptors (Lipinski definition) is 3. The highest BCUT2D eigenvalue weighted by Gasteiger charge is 2.24. The third-order valence-corrected chi connectivity index (χ3v) is 5.84. The number of esters is 1. The summed E-state index contributed by atoms with van der Waals surface area (Å²) in [4.78, 5) is 23.1. The number of ether oxygens (including phenoxy) is 1. The van der Waals surface area contributed by atoms with Crippen molar-refractivity contribution in [3.05, 3.63) is 12.2 Å². The molecular formula is C28H54NO4+. The minimum atomic E-state index is -0.927. The summed E-state index contributed by atoms with van der Waals surface area (Å²) in [6.45, 7) is 2.77. The van der Waals surface area contributed by atoms with Crippen LogP contribution in [-0.2, 0) is 14.3 Å². The molecule has 194 valence electrons. The van der Waals surface area contributed by atoms with Crippen LogP contribution in [0.5, 0.6) is 0 Å². The van der Waals surface area contributed by atoms with E-state index in [-0.39, 0.29) is 12.4 Å². The van der Waals surface area contributed by atoms with Crippen molar-refractivity contribution in [3.8, 4) is 0 Å². The molecule has 0 bridgehead atoms. The lowest BCUT2D eigenvalue weighted by Crippen LogP contribution is -2.43. The van der Waals surface area contributed by atoms with Gasteiger partial charge in [-0.2, -0.15) is 0 Å². The first-order valence-corrected chi connectivity index (χ1v) is 13.6. The Labute approximate surface area is 204 Å². The zero-order valence-electron chi connectivity index (χ0n) is 22.3. The van der Waals surface area contributed by atoms with Gasteiger partial charge in [-0.15, -0.1) is 0 Å². The number of nitrogens with zero attached hydrogens (tertiary/aromatic N) is 1. The van der Waals surface area contributed by atoms with Gasteiger partial charge in [0.1, 0.15) is 6.54 Å². The number of aliphatic carboxylic acids is 1. The van der Waals surface area contributed by atoms with Gasteiger partial charge >= 0.3 is 11.9 Å². The SMILES string of the molecule is CCCCCCCCCCC/C=C/CCCCCCCC(=O)OC(CC(=O)O)C[N+](C)(C)C. The van der Waals surface area contributed by atoms with Crippen molar-refractivity contribution >= 4 is 11.9 Å². The summed E-state index contributed by atoms with van der Waals surface area (Å²) >= 11 is 0. The smallest absolute Gasteiger partial charge is 0.307 e. The Bertz CT molecular complexity index is 511. The first kappa shape index (κ1) is 31.6. The van der Waals surface area contributed by atoms with Crippen molar-refractivity contribution in [2.75, 3.05) is 27.7 Å².